The first kappa shape index (κ1) is 53.1. The lowest BCUT2D eigenvalue weighted by Crippen LogP contribution is -2.24. The summed E-state index contributed by atoms with van der Waals surface area (Å²) >= 11 is 6.94. The molecule has 1 aromatic rings. The molecule has 0 saturated heterocycles. The van der Waals surface area contributed by atoms with Gasteiger partial charge in [0.2, 0.25) is 0 Å². The van der Waals surface area contributed by atoms with Crippen molar-refractivity contribution in [3.05, 3.63) is 33.4 Å². The van der Waals surface area contributed by atoms with Gasteiger partial charge in [0.1, 0.15) is 0 Å². The van der Waals surface area contributed by atoms with Crippen molar-refractivity contribution in [2.45, 2.75) is 252 Å². The minimum Gasteiger partial charge on any atom is -0.344 e. The van der Waals surface area contributed by atoms with E-state index in [0.717, 1.165) is 83.5 Å². The first-order chi connectivity index (χ1) is 26.2. The van der Waals surface area contributed by atoms with E-state index >= 15 is 0 Å². The van der Waals surface area contributed by atoms with E-state index in [2.05, 4.69) is 27.7 Å². The molecule has 6 heteroatoms. The zero-order valence-corrected chi connectivity index (χ0v) is 37.7. The van der Waals surface area contributed by atoms with Crippen molar-refractivity contribution in [1.82, 2.24) is 6.15 Å². The lowest BCUT2D eigenvalue weighted by Gasteiger charge is -2.25. The van der Waals surface area contributed by atoms with Crippen molar-refractivity contribution in [3.63, 3.8) is 0 Å². The molecule has 3 N–H and O–H groups in total. The number of alkyl halides is 1. The Morgan fingerprint density at radius 1 is 0.382 bits per heavy atom. The molecule has 0 aliphatic carbocycles. The molecule has 318 valence electrons. The number of rotatable bonds is 37. The molecule has 0 fully saturated rings. The van der Waals surface area contributed by atoms with E-state index in [1.165, 1.54) is 89.9 Å². The van der Waals surface area contributed by atoms with E-state index in [4.69, 9.17) is 11.6 Å². The molecule has 5 nitrogen and oxygen atoms in total. The standard InChI is InChI=1S/C49H83ClO4.H3N/c1-7-11-15-19-23-27-31-35-41(51)46-39(5)45(40(6)50)47(42(52)36-32-28-24-20-16-12-8-2)49(44(54)38-34-30-26-22-18-14-10-4)48(46)43(53)37-33-29-25-21-17-13-9-3;/h40H,7-38H2,1-6H3;1H3. The van der Waals surface area contributed by atoms with Crippen LogP contribution in [0.1, 0.15) is 298 Å². The average molecular weight is 789 g/mol. The summed E-state index contributed by atoms with van der Waals surface area (Å²) in [4.78, 5) is 57.9. The first-order valence-electron chi connectivity index (χ1n) is 23.1. The molecule has 0 bridgehead atoms. The summed E-state index contributed by atoms with van der Waals surface area (Å²) in [5.41, 5.74) is 2.38. The van der Waals surface area contributed by atoms with Gasteiger partial charge in [-0.25, -0.2) is 0 Å². The lowest BCUT2D eigenvalue weighted by molar-refractivity contribution is 0.0921. The van der Waals surface area contributed by atoms with Crippen molar-refractivity contribution in [2.75, 3.05) is 0 Å². The Morgan fingerprint density at radius 3 is 0.873 bits per heavy atom. The van der Waals surface area contributed by atoms with Gasteiger partial charge in [-0.2, -0.15) is 0 Å². The summed E-state index contributed by atoms with van der Waals surface area (Å²) in [6.45, 7) is 12.6. The van der Waals surface area contributed by atoms with E-state index in [1.54, 1.807) is 0 Å². The second kappa shape index (κ2) is 34.2. The average Bonchev–Trinajstić information content (AvgIpc) is 3.15. The molecule has 0 aromatic heterocycles. The summed E-state index contributed by atoms with van der Waals surface area (Å²) in [5.74, 6) is -0.513. The topological polar surface area (TPSA) is 103 Å². The molecule has 0 aliphatic rings. The van der Waals surface area contributed by atoms with Crippen LogP contribution >= 0.6 is 11.6 Å². The molecule has 0 spiro atoms. The summed E-state index contributed by atoms with van der Waals surface area (Å²) in [6, 6.07) is 0. The normalized spacial score (nSPS) is 11.8. The van der Waals surface area contributed by atoms with E-state index in [-0.39, 0.29) is 53.3 Å². The predicted molar refractivity (Wildman–Crippen MR) is 238 cm³/mol. The second-order valence-electron chi connectivity index (χ2n) is 16.3. The number of carbonyl (C=O) groups is 4. The van der Waals surface area contributed by atoms with Crippen molar-refractivity contribution in [2.24, 2.45) is 0 Å². The van der Waals surface area contributed by atoms with Crippen molar-refractivity contribution in [1.29, 1.82) is 0 Å². The largest absolute Gasteiger partial charge is 0.344 e. The van der Waals surface area contributed by atoms with Gasteiger partial charge in [0.25, 0.3) is 0 Å². The summed E-state index contributed by atoms with van der Waals surface area (Å²) in [7, 11) is 0. The van der Waals surface area contributed by atoms with Crippen LogP contribution in [0.3, 0.4) is 0 Å². The highest BCUT2D eigenvalue weighted by atomic mass is 35.5. The Bertz CT molecular complexity index is 1210. The van der Waals surface area contributed by atoms with E-state index in [1.807, 2.05) is 13.8 Å². The van der Waals surface area contributed by atoms with Crippen molar-refractivity contribution in [3.8, 4) is 0 Å². The Hall–Kier alpha value is -1.85. The summed E-state index contributed by atoms with van der Waals surface area (Å²) < 4.78 is 0. The molecule has 55 heavy (non-hydrogen) atoms. The van der Waals surface area contributed by atoms with Gasteiger partial charge in [0.15, 0.2) is 23.1 Å². The van der Waals surface area contributed by atoms with Crippen molar-refractivity contribution < 1.29 is 19.2 Å². The Labute approximate surface area is 344 Å². The number of unbranched alkanes of at least 4 members (excludes halogenated alkanes) is 24. The molecule has 0 heterocycles. The lowest BCUT2D eigenvalue weighted by atomic mass is 9.77. The highest BCUT2D eigenvalue weighted by Crippen LogP contribution is 2.38. The zero-order chi connectivity index (χ0) is 40.0. The van der Waals surface area contributed by atoms with Crippen molar-refractivity contribution >= 4 is 34.7 Å². The number of hydrogen-bond donors (Lipinski definition) is 1. The maximum atomic E-state index is 14.6. The van der Waals surface area contributed by atoms with Crippen LogP contribution in [0.5, 0.6) is 0 Å². The smallest absolute Gasteiger partial charge is 0.164 e. The highest BCUT2D eigenvalue weighted by molar-refractivity contribution is 6.25. The van der Waals surface area contributed by atoms with E-state index < -0.39 is 5.38 Å². The summed E-state index contributed by atoms with van der Waals surface area (Å²) in [5, 5.41) is -0.583. The second-order valence-corrected chi connectivity index (χ2v) is 17.0. The van der Waals surface area contributed by atoms with Gasteiger partial charge in [-0.05, 0) is 50.7 Å². The van der Waals surface area contributed by atoms with Crippen LogP contribution in [-0.2, 0) is 0 Å². The van der Waals surface area contributed by atoms with Crippen LogP contribution in [0, 0.1) is 6.92 Å². The van der Waals surface area contributed by atoms with Gasteiger partial charge in [-0.3, -0.25) is 19.2 Å². The number of halogens is 1. The van der Waals surface area contributed by atoms with Crippen LogP contribution < -0.4 is 6.15 Å². The highest BCUT2D eigenvalue weighted by Gasteiger charge is 2.34. The molecule has 0 saturated carbocycles. The number of benzene rings is 1. The van der Waals surface area contributed by atoms with Crippen LogP contribution in [0.2, 0.25) is 0 Å². The van der Waals surface area contributed by atoms with Gasteiger partial charge in [-0.15, -0.1) is 11.6 Å². The number of Topliss-reactive ketones (excluding diaryl/α,β-unsaturated/α-hetero) is 4. The Kier molecular flexibility index (Phi) is 33.1. The van der Waals surface area contributed by atoms with Gasteiger partial charge in [0.05, 0.1) is 5.38 Å². The Balaban J connectivity index is 0.0000292. The fourth-order valence-electron chi connectivity index (χ4n) is 8.06. The fourth-order valence-corrected chi connectivity index (χ4v) is 8.33. The maximum Gasteiger partial charge on any atom is 0.164 e. The van der Waals surface area contributed by atoms with Gasteiger partial charge in [-0.1, -0.05) is 182 Å². The number of hydrogen-bond acceptors (Lipinski definition) is 5. The predicted octanol–water partition coefficient (Wildman–Crippen LogP) is 16.8. The van der Waals surface area contributed by atoms with Crippen LogP contribution in [0.15, 0.2) is 0 Å². The molecule has 1 unspecified atom stereocenters. The van der Waals surface area contributed by atoms with Crippen LogP contribution in [-0.4, -0.2) is 23.1 Å². The number of carbonyl (C=O) groups excluding carboxylic acids is 4. The van der Waals surface area contributed by atoms with Gasteiger partial charge in [0, 0.05) is 47.9 Å². The van der Waals surface area contributed by atoms with E-state index in [0.29, 0.717) is 41.5 Å². The first-order valence-corrected chi connectivity index (χ1v) is 23.6. The third kappa shape index (κ3) is 21.5. The number of ketones is 4. The SMILES string of the molecule is CCCCCCCCCC(=O)c1c(C)c(C(C)Cl)c(C(=O)CCCCCCCCC)c(C(=O)CCCCCCCCC)c1C(=O)CCCCCCCCC.N. The minimum atomic E-state index is -0.583. The molecule has 0 radical (unpaired) electrons. The van der Waals surface area contributed by atoms with E-state index in [9.17, 15) is 19.2 Å². The Morgan fingerprint density at radius 2 is 0.600 bits per heavy atom. The molecule has 1 rings (SSSR count). The third-order valence-electron chi connectivity index (χ3n) is 11.3. The van der Waals surface area contributed by atoms with Gasteiger partial charge < -0.3 is 6.15 Å². The quantitative estimate of drug-likeness (QED) is 0.0411. The maximum absolute atomic E-state index is 14.6. The molecular weight excluding hydrogens is 702 g/mol. The third-order valence-corrected chi connectivity index (χ3v) is 11.6. The van der Waals surface area contributed by atoms with Crippen LogP contribution in [0.25, 0.3) is 0 Å². The molecule has 1 atom stereocenters. The monoisotopic (exact) mass is 788 g/mol. The molecule has 0 aliphatic heterocycles. The fraction of sp³-hybridized carbons (Fsp3) is 0.796. The molecule has 1 aromatic carbocycles. The summed E-state index contributed by atoms with van der Waals surface area (Å²) in [6.07, 6.45) is 31.5. The van der Waals surface area contributed by atoms with Crippen LogP contribution in [0.4, 0.5) is 0 Å². The molecule has 0 amide bonds. The zero-order valence-electron chi connectivity index (χ0n) is 36.9. The molecular formula is C49H86ClNO4. The minimum absolute atomic E-state index is 0. The van der Waals surface area contributed by atoms with Gasteiger partial charge >= 0.3 is 0 Å².